The highest BCUT2D eigenvalue weighted by Crippen LogP contribution is 2.32. The number of anilines is 1. The second-order valence-electron chi connectivity index (χ2n) is 7.99. The third kappa shape index (κ3) is 4.38. The molecule has 32 heavy (non-hydrogen) atoms. The van der Waals surface area contributed by atoms with Gasteiger partial charge in [-0.2, -0.15) is 0 Å². The first-order chi connectivity index (χ1) is 15.6. The molecule has 0 saturated carbocycles. The number of ether oxygens (including phenoxy) is 1. The molecule has 4 heterocycles. The van der Waals surface area contributed by atoms with Gasteiger partial charge in [-0.1, -0.05) is 11.6 Å². The Bertz CT molecular complexity index is 1190. The smallest absolute Gasteiger partial charge is 0.322 e. The number of morpholine rings is 1. The monoisotopic (exact) mass is 473 g/mol. The van der Waals surface area contributed by atoms with E-state index in [9.17, 15) is 9.59 Å². The molecule has 1 saturated heterocycles. The molecule has 3 aromatic rings. The summed E-state index contributed by atoms with van der Waals surface area (Å²) in [5.74, 6) is 0. The predicted octanol–water partition coefficient (Wildman–Crippen LogP) is 3.03. The van der Waals surface area contributed by atoms with Crippen molar-refractivity contribution in [1.29, 1.82) is 0 Å². The summed E-state index contributed by atoms with van der Waals surface area (Å²) in [6.07, 6.45) is 2.30. The first kappa shape index (κ1) is 21.4. The van der Waals surface area contributed by atoms with Gasteiger partial charge in [0, 0.05) is 48.3 Å². The van der Waals surface area contributed by atoms with E-state index < -0.39 is 0 Å². The number of aromatic nitrogens is 2. The summed E-state index contributed by atoms with van der Waals surface area (Å²) < 4.78 is 7.10. The summed E-state index contributed by atoms with van der Waals surface area (Å²) >= 11 is 7.42. The minimum atomic E-state index is -0.161. The minimum Gasteiger partial charge on any atom is -0.379 e. The highest BCUT2D eigenvalue weighted by Gasteiger charge is 2.26. The normalized spacial score (nSPS) is 16.8. The van der Waals surface area contributed by atoms with Crippen LogP contribution in [0.15, 0.2) is 35.4 Å². The van der Waals surface area contributed by atoms with E-state index in [1.165, 1.54) is 11.3 Å². The average Bonchev–Trinajstić information content (AvgIpc) is 3.19. The molecule has 8 nitrogen and oxygen atoms in total. The van der Waals surface area contributed by atoms with E-state index in [-0.39, 0.29) is 11.6 Å². The third-order valence-electron chi connectivity index (χ3n) is 5.97. The number of nitrogens with zero attached hydrogens (tertiary/aromatic N) is 4. The molecule has 2 aliphatic heterocycles. The van der Waals surface area contributed by atoms with Gasteiger partial charge in [0.1, 0.15) is 4.83 Å². The summed E-state index contributed by atoms with van der Waals surface area (Å²) in [5.41, 5.74) is 1.75. The Morgan fingerprint density at radius 1 is 1.16 bits per heavy atom. The van der Waals surface area contributed by atoms with Crippen molar-refractivity contribution in [2.45, 2.75) is 19.5 Å². The zero-order valence-electron chi connectivity index (χ0n) is 17.6. The Morgan fingerprint density at radius 2 is 1.94 bits per heavy atom. The van der Waals surface area contributed by atoms with Gasteiger partial charge in [-0.15, -0.1) is 11.3 Å². The third-order valence-corrected chi connectivity index (χ3v) is 7.35. The fourth-order valence-electron chi connectivity index (χ4n) is 4.16. The number of carbonyl (C=O) groups excluding carboxylic acids is 1. The maximum absolute atomic E-state index is 13.2. The van der Waals surface area contributed by atoms with E-state index in [2.05, 4.69) is 15.2 Å². The number of thiophene rings is 1. The largest absolute Gasteiger partial charge is 0.379 e. The fraction of sp³-hybridized carbons (Fsp3) is 0.409. The van der Waals surface area contributed by atoms with Crippen molar-refractivity contribution in [3.63, 3.8) is 0 Å². The Hall–Kier alpha value is -2.46. The number of amides is 2. The molecule has 0 unspecified atom stereocenters. The molecule has 0 atom stereocenters. The standard InChI is InChI=1S/C22H24ClN5O3S/c23-15-1-3-16(4-2-15)25-22(30)27-6-5-17-18(13-27)32-20-19(17)21(29)28(14-24-20)8-7-26-9-11-31-12-10-26/h1-4,14H,5-13H2,(H,25,30). The number of fused-ring (bicyclic) bond motifs is 3. The molecule has 0 radical (unpaired) electrons. The van der Waals surface area contributed by atoms with Crippen LogP contribution in [0.2, 0.25) is 5.02 Å². The van der Waals surface area contributed by atoms with Crippen LogP contribution in [0.1, 0.15) is 10.4 Å². The van der Waals surface area contributed by atoms with Crippen LogP contribution in [0.3, 0.4) is 0 Å². The molecule has 2 aromatic heterocycles. The summed E-state index contributed by atoms with van der Waals surface area (Å²) in [5, 5.41) is 4.25. The van der Waals surface area contributed by atoms with E-state index in [1.807, 2.05) is 0 Å². The van der Waals surface area contributed by atoms with E-state index in [0.29, 0.717) is 42.2 Å². The number of halogens is 1. The lowest BCUT2D eigenvalue weighted by atomic mass is 10.1. The van der Waals surface area contributed by atoms with Crippen LogP contribution in [0.4, 0.5) is 10.5 Å². The highest BCUT2D eigenvalue weighted by atomic mass is 35.5. The summed E-state index contributed by atoms with van der Waals surface area (Å²) in [4.78, 5) is 36.4. The van der Waals surface area contributed by atoms with Gasteiger partial charge in [-0.3, -0.25) is 14.3 Å². The molecule has 1 fully saturated rings. The Morgan fingerprint density at radius 3 is 2.72 bits per heavy atom. The number of rotatable bonds is 4. The molecule has 168 valence electrons. The van der Waals surface area contributed by atoms with Crippen molar-refractivity contribution in [3.05, 3.63) is 56.4 Å². The van der Waals surface area contributed by atoms with Crippen LogP contribution >= 0.6 is 22.9 Å². The maximum Gasteiger partial charge on any atom is 0.322 e. The summed E-state index contributed by atoms with van der Waals surface area (Å²) in [6.45, 7) is 5.73. The van der Waals surface area contributed by atoms with Crippen LogP contribution in [0, 0.1) is 0 Å². The lowest BCUT2D eigenvalue weighted by Crippen LogP contribution is -2.39. The van der Waals surface area contributed by atoms with E-state index >= 15 is 0 Å². The van der Waals surface area contributed by atoms with Gasteiger partial charge in [-0.05, 0) is 36.2 Å². The van der Waals surface area contributed by atoms with Crippen LogP contribution in [-0.2, 0) is 24.2 Å². The van der Waals surface area contributed by atoms with Crippen molar-refractivity contribution < 1.29 is 9.53 Å². The molecule has 2 amide bonds. The molecule has 0 spiro atoms. The predicted molar refractivity (Wildman–Crippen MR) is 126 cm³/mol. The van der Waals surface area contributed by atoms with Crippen molar-refractivity contribution in [1.82, 2.24) is 19.4 Å². The molecule has 1 N–H and O–H groups in total. The van der Waals surface area contributed by atoms with Crippen LogP contribution in [-0.4, -0.2) is 64.8 Å². The lowest BCUT2D eigenvalue weighted by molar-refractivity contribution is 0.0362. The Kier molecular flexibility index (Phi) is 6.14. The van der Waals surface area contributed by atoms with E-state index in [1.54, 1.807) is 40.1 Å². The number of carbonyl (C=O) groups is 1. The van der Waals surface area contributed by atoms with Gasteiger partial charge in [0.2, 0.25) is 0 Å². The Labute approximate surface area is 194 Å². The molecular weight excluding hydrogens is 450 g/mol. The first-order valence-corrected chi connectivity index (χ1v) is 11.9. The zero-order valence-corrected chi connectivity index (χ0v) is 19.1. The Balaban J connectivity index is 1.31. The van der Waals surface area contributed by atoms with Gasteiger partial charge in [0.15, 0.2) is 0 Å². The van der Waals surface area contributed by atoms with Gasteiger partial charge in [-0.25, -0.2) is 9.78 Å². The highest BCUT2D eigenvalue weighted by molar-refractivity contribution is 7.18. The molecule has 10 heteroatoms. The molecule has 0 bridgehead atoms. The number of nitrogens with one attached hydrogen (secondary N) is 1. The molecular formula is C22H24ClN5O3S. The lowest BCUT2D eigenvalue weighted by Gasteiger charge is -2.27. The van der Waals surface area contributed by atoms with Crippen LogP contribution in [0.5, 0.6) is 0 Å². The zero-order chi connectivity index (χ0) is 22.1. The van der Waals surface area contributed by atoms with Gasteiger partial charge < -0.3 is 15.0 Å². The fourth-order valence-corrected chi connectivity index (χ4v) is 5.48. The average molecular weight is 474 g/mol. The SMILES string of the molecule is O=C(Nc1ccc(Cl)cc1)N1CCc2c(sc3ncn(CCN4CCOCC4)c(=O)c23)C1. The van der Waals surface area contributed by atoms with Crippen LogP contribution in [0.25, 0.3) is 10.2 Å². The van der Waals surface area contributed by atoms with E-state index in [4.69, 9.17) is 16.3 Å². The summed E-state index contributed by atoms with van der Waals surface area (Å²) in [7, 11) is 0. The second kappa shape index (κ2) is 9.19. The van der Waals surface area contributed by atoms with E-state index in [0.717, 1.165) is 48.1 Å². The number of hydrogen-bond acceptors (Lipinski definition) is 6. The van der Waals surface area contributed by atoms with Gasteiger partial charge in [0.05, 0.1) is 31.5 Å². The quantitative estimate of drug-likeness (QED) is 0.630. The number of urea groups is 1. The first-order valence-electron chi connectivity index (χ1n) is 10.7. The topological polar surface area (TPSA) is 79.7 Å². The second-order valence-corrected chi connectivity index (χ2v) is 9.51. The molecule has 5 rings (SSSR count). The minimum absolute atomic E-state index is 0.0137. The van der Waals surface area contributed by atoms with Crippen molar-refractivity contribution in [2.24, 2.45) is 0 Å². The number of benzene rings is 1. The molecule has 1 aromatic carbocycles. The van der Waals surface area contributed by atoms with Crippen LogP contribution < -0.4 is 10.9 Å². The maximum atomic E-state index is 13.2. The van der Waals surface area contributed by atoms with Gasteiger partial charge in [0.25, 0.3) is 5.56 Å². The number of hydrogen-bond donors (Lipinski definition) is 1. The van der Waals surface area contributed by atoms with Gasteiger partial charge >= 0.3 is 6.03 Å². The van der Waals surface area contributed by atoms with Crippen molar-refractivity contribution >= 4 is 44.9 Å². The molecule has 0 aliphatic carbocycles. The van der Waals surface area contributed by atoms with Crippen molar-refractivity contribution in [3.8, 4) is 0 Å². The van der Waals surface area contributed by atoms with Crippen molar-refractivity contribution in [2.75, 3.05) is 44.7 Å². The summed E-state index contributed by atoms with van der Waals surface area (Å²) in [6, 6.07) is 6.88. The molecule has 2 aliphatic rings.